The lowest BCUT2D eigenvalue weighted by atomic mass is 10.2. The van der Waals surface area contributed by atoms with E-state index in [2.05, 4.69) is 72.0 Å². The molecule has 1 fully saturated rings. The second kappa shape index (κ2) is 9.60. The van der Waals surface area contributed by atoms with Crippen LogP contribution >= 0.6 is 23.1 Å². The Morgan fingerprint density at radius 2 is 1.64 bits per heavy atom. The number of piperazine rings is 1. The molecule has 2 heterocycles. The summed E-state index contributed by atoms with van der Waals surface area (Å²) < 4.78 is 0.862. The Balaban J connectivity index is 1.51. The molecule has 0 atom stereocenters. The zero-order chi connectivity index (χ0) is 20.1. The minimum absolute atomic E-state index is 0.156. The van der Waals surface area contributed by atoms with Gasteiger partial charge in [-0.15, -0.1) is 10.2 Å². The number of rotatable bonds is 7. The van der Waals surface area contributed by atoms with Crippen LogP contribution in [-0.4, -0.2) is 65.0 Å². The number of hydrogen-bond acceptors (Lipinski definition) is 7. The summed E-state index contributed by atoms with van der Waals surface area (Å²) in [6.07, 6.45) is 0. The first-order valence-corrected chi connectivity index (χ1v) is 11.6. The quantitative estimate of drug-likeness (QED) is 0.639. The Morgan fingerprint density at radius 3 is 2.25 bits per heavy atom. The van der Waals surface area contributed by atoms with Gasteiger partial charge in [0.25, 0.3) is 0 Å². The van der Waals surface area contributed by atoms with Crippen LogP contribution in [-0.2, 0) is 4.79 Å². The summed E-state index contributed by atoms with van der Waals surface area (Å²) in [6.45, 7) is 12.0. The van der Waals surface area contributed by atoms with Crippen LogP contribution in [0.2, 0.25) is 0 Å². The van der Waals surface area contributed by atoms with Crippen molar-refractivity contribution in [3.05, 3.63) is 30.3 Å². The molecular weight excluding hydrogens is 390 g/mol. The molecule has 152 valence electrons. The van der Waals surface area contributed by atoms with E-state index in [1.54, 1.807) is 11.3 Å². The van der Waals surface area contributed by atoms with Gasteiger partial charge in [0.2, 0.25) is 11.0 Å². The Bertz CT molecular complexity index is 749. The number of para-hydroxylation sites is 1. The SMILES string of the molecule is CC(C)N(C(=O)CSc1nnc(N2CCN(c3ccccc3)CC2)s1)C(C)C. The van der Waals surface area contributed by atoms with Gasteiger partial charge in [0.1, 0.15) is 0 Å². The predicted octanol–water partition coefficient (Wildman–Crippen LogP) is 3.60. The van der Waals surface area contributed by atoms with Gasteiger partial charge in [-0.05, 0) is 39.8 Å². The van der Waals surface area contributed by atoms with Crippen molar-refractivity contribution in [3.63, 3.8) is 0 Å². The molecule has 1 aromatic carbocycles. The summed E-state index contributed by atoms with van der Waals surface area (Å²) in [6, 6.07) is 10.9. The number of anilines is 2. The van der Waals surface area contributed by atoms with E-state index in [0.717, 1.165) is 35.7 Å². The highest BCUT2D eigenvalue weighted by atomic mass is 32.2. The number of carbonyl (C=O) groups is 1. The molecule has 0 saturated carbocycles. The predicted molar refractivity (Wildman–Crippen MR) is 119 cm³/mol. The van der Waals surface area contributed by atoms with Crippen LogP contribution in [0.15, 0.2) is 34.7 Å². The molecule has 0 unspecified atom stereocenters. The van der Waals surface area contributed by atoms with Crippen molar-refractivity contribution in [3.8, 4) is 0 Å². The molecule has 0 radical (unpaired) electrons. The Morgan fingerprint density at radius 1 is 1.04 bits per heavy atom. The standard InChI is InChI=1S/C20H29N5OS2/c1-15(2)25(16(3)4)18(26)14-27-20-22-21-19(28-20)24-12-10-23(11-13-24)17-8-6-5-7-9-17/h5-9,15-16H,10-14H2,1-4H3. The van der Waals surface area contributed by atoms with Crippen molar-refractivity contribution in [1.29, 1.82) is 0 Å². The van der Waals surface area contributed by atoms with E-state index in [1.807, 2.05) is 11.0 Å². The highest BCUT2D eigenvalue weighted by Crippen LogP contribution is 2.29. The zero-order valence-corrected chi connectivity index (χ0v) is 18.7. The first-order chi connectivity index (χ1) is 13.5. The Hall–Kier alpha value is -1.80. The molecule has 1 aliphatic heterocycles. The lowest BCUT2D eigenvalue weighted by molar-refractivity contribution is -0.131. The van der Waals surface area contributed by atoms with Crippen LogP contribution in [0.3, 0.4) is 0 Å². The summed E-state index contributed by atoms with van der Waals surface area (Å²) in [5.74, 6) is 0.565. The fourth-order valence-corrected chi connectivity index (χ4v) is 5.32. The monoisotopic (exact) mass is 419 g/mol. The smallest absolute Gasteiger partial charge is 0.233 e. The van der Waals surface area contributed by atoms with E-state index in [4.69, 9.17) is 0 Å². The number of benzene rings is 1. The zero-order valence-electron chi connectivity index (χ0n) is 17.0. The van der Waals surface area contributed by atoms with Gasteiger partial charge in [0, 0.05) is 44.0 Å². The maximum Gasteiger partial charge on any atom is 0.233 e. The fraction of sp³-hybridized carbons (Fsp3) is 0.550. The molecule has 1 saturated heterocycles. The first kappa shape index (κ1) is 20.9. The second-order valence-corrected chi connectivity index (χ2v) is 9.62. The molecule has 0 aliphatic carbocycles. The summed E-state index contributed by atoms with van der Waals surface area (Å²) >= 11 is 3.07. The second-order valence-electron chi connectivity index (χ2n) is 7.44. The van der Waals surface area contributed by atoms with E-state index in [0.29, 0.717) is 5.75 Å². The highest BCUT2D eigenvalue weighted by Gasteiger charge is 2.23. The summed E-state index contributed by atoms with van der Waals surface area (Å²) in [5, 5.41) is 9.61. The van der Waals surface area contributed by atoms with Crippen LogP contribution in [0.1, 0.15) is 27.7 Å². The molecule has 1 aliphatic rings. The molecule has 0 bridgehead atoms. The minimum atomic E-state index is 0.156. The average Bonchev–Trinajstić information content (AvgIpc) is 3.16. The van der Waals surface area contributed by atoms with Gasteiger partial charge in [0.15, 0.2) is 4.34 Å². The molecule has 3 rings (SSSR count). The van der Waals surface area contributed by atoms with Gasteiger partial charge in [0.05, 0.1) is 5.75 Å². The number of thioether (sulfide) groups is 1. The van der Waals surface area contributed by atoms with Crippen molar-refractivity contribution in [2.75, 3.05) is 41.7 Å². The summed E-state index contributed by atoms with van der Waals surface area (Å²) in [7, 11) is 0. The number of hydrogen-bond donors (Lipinski definition) is 0. The largest absolute Gasteiger partial charge is 0.368 e. The Kier molecular flexibility index (Phi) is 7.18. The van der Waals surface area contributed by atoms with Gasteiger partial charge in [-0.1, -0.05) is 41.3 Å². The number of amides is 1. The van der Waals surface area contributed by atoms with Crippen molar-refractivity contribution in [1.82, 2.24) is 15.1 Å². The van der Waals surface area contributed by atoms with Crippen LogP contribution in [0.25, 0.3) is 0 Å². The van der Waals surface area contributed by atoms with Gasteiger partial charge in [-0.2, -0.15) is 0 Å². The highest BCUT2D eigenvalue weighted by molar-refractivity contribution is 8.01. The lowest BCUT2D eigenvalue weighted by Crippen LogP contribution is -2.46. The third kappa shape index (κ3) is 5.17. The molecular formula is C20H29N5OS2. The maximum atomic E-state index is 12.5. The summed E-state index contributed by atoms with van der Waals surface area (Å²) in [4.78, 5) is 19.1. The van der Waals surface area contributed by atoms with Gasteiger partial charge in [-0.25, -0.2) is 0 Å². The number of carbonyl (C=O) groups excluding carboxylic acids is 1. The molecule has 0 N–H and O–H groups in total. The number of nitrogens with zero attached hydrogens (tertiary/aromatic N) is 5. The van der Waals surface area contributed by atoms with Crippen LogP contribution in [0, 0.1) is 0 Å². The third-order valence-electron chi connectivity index (χ3n) is 4.79. The van der Waals surface area contributed by atoms with Crippen LogP contribution in [0.4, 0.5) is 10.8 Å². The van der Waals surface area contributed by atoms with E-state index in [-0.39, 0.29) is 18.0 Å². The minimum Gasteiger partial charge on any atom is -0.368 e. The van der Waals surface area contributed by atoms with Crippen LogP contribution < -0.4 is 9.80 Å². The molecule has 0 spiro atoms. The number of aromatic nitrogens is 2. The lowest BCUT2D eigenvalue weighted by Gasteiger charge is -2.35. The molecule has 1 amide bonds. The van der Waals surface area contributed by atoms with E-state index in [1.165, 1.54) is 17.4 Å². The summed E-state index contributed by atoms with van der Waals surface area (Å²) in [5.41, 5.74) is 1.27. The van der Waals surface area contributed by atoms with Crippen molar-refractivity contribution >= 4 is 39.8 Å². The Labute approximate surface area is 175 Å². The van der Waals surface area contributed by atoms with Gasteiger partial charge < -0.3 is 14.7 Å². The third-order valence-corrected chi connectivity index (χ3v) is 6.89. The first-order valence-electron chi connectivity index (χ1n) is 9.78. The van der Waals surface area contributed by atoms with E-state index >= 15 is 0 Å². The normalized spacial score (nSPS) is 14.8. The maximum absolute atomic E-state index is 12.5. The molecule has 28 heavy (non-hydrogen) atoms. The van der Waals surface area contributed by atoms with Gasteiger partial charge >= 0.3 is 0 Å². The van der Waals surface area contributed by atoms with Crippen LogP contribution in [0.5, 0.6) is 0 Å². The van der Waals surface area contributed by atoms with Crippen molar-refractivity contribution < 1.29 is 4.79 Å². The van der Waals surface area contributed by atoms with E-state index < -0.39 is 0 Å². The molecule has 8 heteroatoms. The van der Waals surface area contributed by atoms with Crippen molar-refractivity contribution in [2.45, 2.75) is 44.1 Å². The fourth-order valence-electron chi connectivity index (χ4n) is 3.55. The average molecular weight is 420 g/mol. The van der Waals surface area contributed by atoms with Gasteiger partial charge in [-0.3, -0.25) is 4.79 Å². The van der Waals surface area contributed by atoms with Crippen molar-refractivity contribution in [2.24, 2.45) is 0 Å². The molecule has 2 aromatic rings. The van der Waals surface area contributed by atoms with E-state index in [9.17, 15) is 4.79 Å². The topological polar surface area (TPSA) is 52.6 Å². The molecule has 6 nitrogen and oxygen atoms in total. The molecule has 1 aromatic heterocycles.